The van der Waals surface area contributed by atoms with E-state index in [9.17, 15) is 8.42 Å². The molecule has 102 valence electrons. The second kappa shape index (κ2) is 5.65. The summed E-state index contributed by atoms with van der Waals surface area (Å²) in [6.45, 7) is 1.63. The number of aromatic nitrogens is 4. The molecule has 2 aromatic rings. The van der Waals surface area contributed by atoms with Gasteiger partial charge >= 0.3 is 0 Å². The number of nitrogens with zero attached hydrogens (tertiary/aromatic N) is 3. The monoisotopic (exact) mass is 409 g/mol. The summed E-state index contributed by atoms with van der Waals surface area (Å²) in [6, 6.07) is 4.31. The van der Waals surface area contributed by atoms with E-state index in [1.54, 1.807) is 19.1 Å². The van der Waals surface area contributed by atoms with Gasteiger partial charge in [0, 0.05) is 8.95 Å². The summed E-state index contributed by atoms with van der Waals surface area (Å²) < 4.78 is 28.1. The minimum absolute atomic E-state index is 0.136. The van der Waals surface area contributed by atoms with Gasteiger partial charge in [-0.1, -0.05) is 21.1 Å². The third-order valence-corrected chi connectivity index (χ3v) is 5.29. The van der Waals surface area contributed by atoms with Gasteiger partial charge in [0.05, 0.1) is 10.9 Å². The molecule has 1 unspecified atom stereocenters. The van der Waals surface area contributed by atoms with Crippen LogP contribution in [0.5, 0.6) is 0 Å². The quantitative estimate of drug-likeness (QED) is 0.799. The van der Waals surface area contributed by atoms with Crippen LogP contribution in [-0.4, -0.2) is 29.0 Å². The zero-order valence-corrected chi connectivity index (χ0v) is 13.6. The van der Waals surface area contributed by atoms with Gasteiger partial charge in [-0.2, -0.15) is 5.21 Å². The van der Waals surface area contributed by atoms with Crippen molar-refractivity contribution in [3.8, 4) is 0 Å². The lowest BCUT2D eigenvalue weighted by Gasteiger charge is -2.12. The highest BCUT2D eigenvalue weighted by atomic mass is 79.9. The van der Waals surface area contributed by atoms with E-state index < -0.39 is 16.1 Å². The summed E-state index contributed by atoms with van der Waals surface area (Å²) in [4.78, 5) is 0.136. The SMILES string of the molecule is CC(NS(=O)(=O)c1cc(Br)ccc1Br)c1nn[nH]n1. The molecule has 10 heteroatoms. The normalized spacial score (nSPS) is 13.4. The number of hydrogen-bond donors (Lipinski definition) is 2. The Kier molecular flexibility index (Phi) is 4.33. The summed E-state index contributed by atoms with van der Waals surface area (Å²) in [7, 11) is -3.69. The first-order valence-corrected chi connectivity index (χ1v) is 8.18. The molecule has 0 saturated heterocycles. The lowest BCUT2D eigenvalue weighted by atomic mass is 10.4. The van der Waals surface area contributed by atoms with Crippen LogP contribution in [0, 0.1) is 0 Å². The first-order valence-electron chi connectivity index (χ1n) is 5.11. The lowest BCUT2D eigenvalue weighted by molar-refractivity contribution is 0.559. The summed E-state index contributed by atoms with van der Waals surface area (Å²) >= 11 is 6.46. The van der Waals surface area contributed by atoms with Crippen molar-refractivity contribution >= 4 is 41.9 Å². The van der Waals surface area contributed by atoms with Gasteiger partial charge in [-0.3, -0.25) is 0 Å². The third kappa shape index (κ3) is 3.38. The number of rotatable bonds is 4. The Morgan fingerprint density at radius 3 is 2.74 bits per heavy atom. The van der Waals surface area contributed by atoms with Crippen molar-refractivity contribution in [1.82, 2.24) is 25.3 Å². The molecule has 0 saturated carbocycles. The number of hydrogen-bond acceptors (Lipinski definition) is 5. The van der Waals surface area contributed by atoms with E-state index in [1.165, 1.54) is 6.07 Å². The average molecular weight is 411 g/mol. The van der Waals surface area contributed by atoms with Gasteiger partial charge in [0.2, 0.25) is 10.0 Å². The van der Waals surface area contributed by atoms with E-state index >= 15 is 0 Å². The Labute approximate surface area is 126 Å². The molecule has 0 aliphatic carbocycles. The predicted octanol–water partition coefficient (Wildman–Crippen LogP) is 1.76. The molecular weight excluding hydrogens is 402 g/mol. The number of aromatic amines is 1. The largest absolute Gasteiger partial charge is 0.242 e. The van der Waals surface area contributed by atoms with E-state index in [1.807, 2.05) is 0 Å². The first-order chi connectivity index (χ1) is 8.90. The Morgan fingerprint density at radius 1 is 1.37 bits per heavy atom. The number of H-pyrrole nitrogens is 1. The maximum absolute atomic E-state index is 12.3. The van der Waals surface area contributed by atoms with Gasteiger partial charge in [-0.15, -0.1) is 10.2 Å². The molecule has 0 bridgehead atoms. The molecule has 2 rings (SSSR count). The van der Waals surface area contributed by atoms with Crippen LogP contribution in [0.2, 0.25) is 0 Å². The summed E-state index contributed by atoms with van der Waals surface area (Å²) in [6.07, 6.45) is 0. The second-order valence-electron chi connectivity index (χ2n) is 3.69. The molecule has 1 aromatic heterocycles. The van der Waals surface area contributed by atoms with Crippen LogP contribution in [0.4, 0.5) is 0 Å². The van der Waals surface area contributed by atoms with Crippen molar-refractivity contribution < 1.29 is 8.42 Å². The van der Waals surface area contributed by atoms with Crippen molar-refractivity contribution in [2.45, 2.75) is 17.9 Å². The fraction of sp³-hybridized carbons (Fsp3) is 0.222. The highest BCUT2D eigenvalue weighted by molar-refractivity contribution is 9.11. The van der Waals surface area contributed by atoms with Crippen LogP contribution in [0.15, 0.2) is 32.0 Å². The van der Waals surface area contributed by atoms with Crippen LogP contribution in [0.3, 0.4) is 0 Å². The number of sulfonamides is 1. The Bertz CT molecular complexity index is 674. The van der Waals surface area contributed by atoms with Gasteiger partial charge in [-0.05, 0) is 41.1 Å². The van der Waals surface area contributed by atoms with Crippen LogP contribution >= 0.6 is 31.9 Å². The molecule has 1 aromatic carbocycles. The molecule has 0 spiro atoms. The molecule has 1 atom stereocenters. The molecule has 7 nitrogen and oxygen atoms in total. The first kappa shape index (κ1) is 14.6. The van der Waals surface area contributed by atoms with Gasteiger partial charge in [-0.25, -0.2) is 13.1 Å². The summed E-state index contributed by atoms with van der Waals surface area (Å²) in [5.41, 5.74) is 0. The molecule has 0 aliphatic heterocycles. The maximum atomic E-state index is 12.3. The highest BCUT2D eigenvalue weighted by Gasteiger charge is 2.23. The van der Waals surface area contributed by atoms with Gasteiger partial charge in [0.1, 0.15) is 0 Å². The van der Waals surface area contributed by atoms with E-state index in [2.05, 4.69) is 57.2 Å². The van der Waals surface area contributed by atoms with E-state index in [4.69, 9.17) is 0 Å². The van der Waals surface area contributed by atoms with Crippen LogP contribution < -0.4 is 4.72 Å². The standard InChI is InChI=1S/C9H9Br2N5O2S/c1-5(9-12-15-16-13-9)14-19(17,18)8-4-6(10)2-3-7(8)11/h2-5,14H,1H3,(H,12,13,15,16). The molecular formula is C9H9Br2N5O2S. The van der Waals surface area contributed by atoms with Crippen molar-refractivity contribution in [3.05, 3.63) is 33.0 Å². The number of benzene rings is 1. The van der Waals surface area contributed by atoms with Crippen molar-refractivity contribution in [2.24, 2.45) is 0 Å². The summed E-state index contributed by atoms with van der Waals surface area (Å²) in [5.74, 6) is 0.273. The number of halogens is 2. The Balaban J connectivity index is 2.30. The van der Waals surface area contributed by atoms with Gasteiger partial charge in [0.25, 0.3) is 0 Å². The van der Waals surface area contributed by atoms with E-state index in [0.29, 0.717) is 8.95 Å². The number of tetrazole rings is 1. The molecule has 0 fully saturated rings. The maximum Gasteiger partial charge on any atom is 0.242 e. The molecule has 0 amide bonds. The van der Waals surface area contributed by atoms with Gasteiger partial charge < -0.3 is 0 Å². The third-order valence-electron chi connectivity index (χ3n) is 2.26. The zero-order valence-electron chi connectivity index (χ0n) is 9.63. The number of nitrogens with one attached hydrogen (secondary N) is 2. The lowest BCUT2D eigenvalue weighted by Crippen LogP contribution is -2.28. The smallest absolute Gasteiger partial charge is 0.207 e. The van der Waals surface area contributed by atoms with Crippen molar-refractivity contribution in [2.75, 3.05) is 0 Å². The van der Waals surface area contributed by atoms with Crippen LogP contribution in [-0.2, 0) is 10.0 Å². The Morgan fingerprint density at radius 2 is 2.11 bits per heavy atom. The molecule has 0 aliphatic rings. The fourth-order valence-electron chi connectivity index (χ4n) is 1.39. The molecule has 19 heavy (non-hydrogen) atoms. The van der Waals surface area contributed by atoms with E-state index in [0.717, 1.165) is 0 Å². The van der Waals surface area contributed by atoms with Crippen LogP contribution in [0.25, 0.3) is 0 Å². The molecule has 0 radical (unpaired) electrons. The topological polar surface area (TPSA) is 101 Å². The van der Waals surface area contributed by atoms with Gasteiger partial charge in [0.15, 0.2) is 5.82 Å². The minimum Gasteiger partial charge on any atom is -0.207 e. The summed E-state index contributed by atoms with van der Waals surface area (Å²) in [5, 5.41) is 13.1. The zero-order chi connectivity index (χ0) is 14.0. The van der Waals surface area contributed by atoms with Crippen LogP contribution in [0.1, 0.15) is 18.8 Å². The Hall–Kier alpha value is -0.840. The predicted molar refractivity (Wildman–Crippen MR) is 74.8 cm³/mol. The minimum atomic E-state index is -3.69. The molecule has 1 heterocycles. The van der Waals surface area contributed by atoms with Crippen molar-refractivity contribution in [1.29, 1.82) is 0 Å². The molecule has 2 N–H and O–H groups in total. The van der Waals surface area contributed by atoms with E-state index in [-0.39, 0.29) is 10.7 Å². The highest BCUT2D eigenvalue weighted by Crippen LogP contribution is 2.26. The second-order valence-corrected chi connectivity index (χ2v) is 7.14. The fourth-order valence-corrected chi connectivity index (χ4v) is 4.09. The average Bonchev–Trinajstić information content (AvgIpc) is 2.85. The van der Waals surface area contributed by atoms with Crippen molar-refractivity contribution in [3.63, 3.8) is 0 Å².